The molecule has 2 amide bonds. The number of anilines is 1. The summed E-state index contributed by atoms with van der Waals surface area (Å²) in [6.07, 6.45) is -3.77. The van der Waals surface area contributed by atoms with Crippen LogP contribution >= 0.6 is 11.6 Å². The van der Waals surface area contributed by atoms with E-state index in [0.717, 1.165) is 0 Å². The number of pyridine rings is 1. The third-order valence-corrected chi connectivity index (χ3v) is 8.06. The Morgan fingerprint density at radius 1 is 0.951 bits per heavy atom. The summed E-state index contributed by atoms with van der Waals surface area (Å²) in [4.78, 5) is 33.1. The van der Waals surface area contributed by atoms with Crippen molar-refractivity contribution in [3.8, 4) is 22.7 Å². The van der Waals surface area contributed by atoms with Crippen molar-refractivity contribution < 1.29 is 35.6 Å². The van der Waals surface area contributed by atoms with Crippen LogP contribution < -0.4 is 10.0 Å². The van der Waals surface area contributed by atoms with E-state index < -0.39 is 44.2 Å². The molecule has 4 aromatic rings. The van der Waals surface area contributed by atoms with Crippen LogP contribution in [0.1, 0.15) is 47.4 Å². The van der Waals surface area contributed by atoms with Gasteiger partial charge in [0.15, 0.2) is 5.69 Å². The molecule has 0 radical (unpaired) electrons. The molecule has 14 heteroatoms. The maximum absolute atomic E-state index is 13.6. The number of aromatic nitrogens is 2. The van der Waals surface area contributed by atoms with Crippen molar-refractivity contribution >= 4 is 39.1 Å². The van der Waals surface area contributed by atoms with Crippen LogP contribution in [0.25, 0.3) is 22.7 Å². The molecular formula is C27H22ClF3N4O5S. The van der Waals surface area contributed by atoms with Crippen LogP contribution in [0, 0.1) is 0 Å². The molecule has 4 rings (SSSR count). The van der Waals surface area contributed by atoms with E-state index in [9.17, 15) is 31.2 Å². The Bertz CT molecular complexity index is 1720. The first-order chi connectivity index (χ1) is 19.1. The van der Waals surface area contributed by atoms with E-state index in [-0.39, 0.29) is 27.7 Å². The highest BCUT2D eigenvalue weighted by Crippen LogP contribution is 2.36. The van der Waals surface area contributed by atoms with Gasteiger partial charge in [0, 0.05) is 16.7 Å². The minimum Gasteiger partial charge on any atom is -0.431 e. The summed E-state index contributed by atoms with van der Waals surface area (Å²) in [5, 5.41) is 2.40. The molecule has 0 spiro atoms. The fourth-order valence-corrected chi connectivity index (χ4v) is 4.33. The zero-order valence-corrected chi connectivity index (χ0v) is 23.3. The zero-order valence-electron chi connectivity index (χ0n) is 21.7. The topological polar surface area (TPSA) is 131 Å². The van der Waals surface area contributed by atoms with Gasteiger partial charge >= 0.3 is 6.18 Å². The molecular weight excluding hydrogens is 585 g/mol. The molecule has 0 atom stereocenters. The standard InChI is InChI=1S/C27H22ClF3N4O5S/c1-26(2,3)41(38,39)35-23(36)16-9-11-18(19(28)13-16)20-12-10-17(14-32-20)33-24(37)21-22(27(29,30)31)40-25(34-21)15-7-5-4-6-8-15/h4-14H,1-3H3,(H,33,37)(H,35,36). The lowest BCUT2D eigenvalue weighted by Crippen LogP contribution is -2.42. The van der Waals surface area contributed by atoms with Gasteiger partial charge in [0.1, 0.15) is 0 Å². The summed E-state index contributed by atoms with van der Waals surface area (Å²) in [6.45, 7) is 4.33. The van der Waals surface area contributed by atoms with Crippen LogP contribution in [0.5, 0.6) is 0 Å². The summed E-state index contributed by atoms with van der Waals surface area (Å²) in [7, 11) is -3.94. The van der Waals surface area contributed by atoms with Gasteiger partial charge in [-0.05, 0) is 57.2 Å². The minimum absolute atomic E-state index is 0.00147. The number of nitrogens with one attached hydrogen (secondary N) is 2. The second-order valence-corrected chi connectivity index (χ2v) is 12.5. The van der Waals surface area contributed by atoms with Crippen LogP contribution in [0.3, 0.4) is 0 Å². The smallest absolute Gasteiger partial charge is 0.431 e. The number of alkyl halides is 3. The number of nitrogens with zero attached hydrogens (tertiary/aromatic N) is 2. The van der Waals surface area contributed by atoms with Crippen molar-refractivity contribution in [3.05, 3.63) is 88.9 Å². The second-order valence-electron chi connectivity index (χ2n) is 9.69. The first kappa shape index (κ1) is 29.7. The molecule has 0 saturated heterocycles. The Balaban J connectivity index is 1.53. The summed E-state index contributed by atoms with van der Waals surface area (Å²) in [5.41, 5.74) is 0.0772. The van der Waals surface area contributed by atoms with E-state index in [4.69, 9.17) is 16.0 Å². The van der Waals surface area contributed by atoms with Gasteiger partial charge in [0.05, 0.1) is 27.3 Å². The molecule has 2 aromatic heterocycles. The summed E-state index contributed by atoms with van der Waals surface area (Å²) < 4.78 is 70.9. The number of halogens is 4. The van der Waals surface area contributed by atoms with Crippen molar-refractivity contribution in [2.75, 3.05) is 5.32 Å². The van der Waals surface area contributed by atoms with Crippen LogP contribution in [0.15, 0.2) is 71.3 Å². The van der Waals surface area contributed by atoms with Crippen molar-refractivity contribution in [1.29, 1.82) is 0 Å². The highest BCUT2D eigenvalue weighted by Gasteiger charge is 2.42. The first-order valence-corrected chi connectivity index (χ1v) is 13.7. The fourth-order valence-electron chi connectivity index (χ4n) is 3.39. The van der Waals surface area contributed by atoms with E-state index in [0.29, 0.717) is 11.3 Å². The first-order valence-electron chi connectivity index (χ1n) is 11.8. The van der Waals surface area contributed by atoms with Gasteiger partial charge in [-0.1, -0.05) is 35.9 Å². The number of rotatable bonds is 6. The lowest BCUT2D eigenvalue weighted by molar-refractivity contribution is -0.153. The average Bonchev–Trinajstić information content (AvgIpc) is 3.36. The fraction of sp³-hybridized carbons (Fsp3) is 0.185. The third-order valence-electron chi connectivity index (χ3n) is 5.68. The molecule has 0 aliphatic heterocycles. The molecule has 2 heterocycles. The number of oxazole rings is 1. The Kier molecular flexibility index (Phi) is 7.96. The molecule has 0 unspecified atom stereocenters. The van der Waals surface area contributed by atoms with E-state index in [1.54, 1.807) is 18.2 Å². The van der Waals surface area contributed by atoms with Crippen molar-refractivity contribution in [2.45, 2.75) is 31.7 Å². The van der Waals surface area contributed by atoms with E-state index in [1.165, 1.54) is 69.4 Å². The molecule has 214 valence electrons. The number of hydrogen-bond acceptors (Lipinski definition) is 7. The quantitative estimate of drug-likeness (QED) is 0.268. The molecule has 0 fully saturated rings. The van der Waals surface area contributed by atoms with Gasteiger partial charge < -0.3 is 9.73 Å². The average molecular weight is 607 g/mol. The van der Waals surface area contributed by atoms with Crippen LogP contribution in [0.4, 0.5) is 18.9 Å². The number of carbonyl (C=O) groups is 2. The number of carbonyl (C=O) groups excluding carboxylic acids is 2. The summed E-state index contributed by atoms with van der Waals surface area (Å²) in [6, 6.07) is 14.8. The maximum Gasteiger partial charge on any atom is 0.452 e. The monoisotopic (exact) mass is 606 g/mol. The molecule has 41 heavy (non-hydrogen) atoms. The molecule has 0 saturated carbocycles. The summed E-state index contributed by atoms with van der Waals surface area (Å²) >= 11 is 6.32. The Morgan fingerprint density at radius 3 is 2.20 bits per heavy atom. The Morgan fingerprint density at radius 2 is 1.63 bits per heavy atom. The van der Waals surface area contributed by atoms with Gasteiger partial charge in [-0.3, -0.25) is 14.6 Å². The van der Waals surface area contributed by atoms with Gasteiger partial charge in [-0.2, -0.15) is 13.2 Å². The molecule has 2 N–H and O–H groups in total. The van der Waals surface area contributed by atoms with Gasteiger partial charge in [0.25, 0.3) is 11.8 Å². The predicted octanol–water partition coefficient (Wildman–Crippen LogP) is 6.19. The Hall–Kier alpha value is -4.23. The highest BCUT2D eigenvalue weighted by atomic mass is 35.5. The molecule has 0 aliphatic carbocycles. The Labute approximate surface area is 237 Å². The van der Waals surface area contributed by atoms with Gasteiger partial charge in [0.2, 0.25) is 21.7 Å². The van der Waals surface area contributed by atoms with Crippen LogP contribution in [-0.2, 0) is 16.2 Å². The largest absolute Gasteiger partial charge is 0.452 e. The molecule has 9 nitrogen and oxygen atoms in total. The maximum atomic E-state index is 13.6. The molecule has 0 aliphatic rings. The van der Waals surface area contributed by atoms with Crippen LogP contribution in [0.2, 0.25) is 5.02 Å². The van der Waals surface area contributed by atoms with Gasteiger partial charge in [-0.15, -0.1) is 0 Å². The second kappa shape index (κ2) is 11.0. The van der Waals surface area contributed by atoms with Crippen molar-refractivity contribution in [3.63, 3.8) is 0 Å². The predicted molar refractivity (Wildman–Crippen MR) is 146 cm³/mol. The van der Waals surface area contributed by atoms with Crippen molar-refractivity contribution in [2.24, 2.45) is 0 Å². The number of benzene rings is 2. The normalized spacial score (nSPS) is 12.2. The lowest BCUT2D eigenvalue weighted by Gasteiger charge is -2.19. The SMILES string of the molecule is CC(C)(C)S(=O)(=O)NC(=O)c1ccc(-c2ccc(NC(=O)c3nc(-c4ccccc4)oc3C(F)(F)F)cn2)c(Cl)c1. The molecule has 2 aromatic carbocycles. The minimum atomic E-state index is -4.97. The summed E-state index contributed by atoms with van der Waals surface area (Å²) in [5.74, 6) is -3.92. The lowest BCUT2D eigenvalue weighted by atomic mass is 10.1. The highest BCUT2D eigenvalue weighted by molar-refractivity contribution is 7.91. The third kappa shape index (κ3) is 6.57. The van der Waals surface area contributed by atoms with Gasteiger partial charge in [-0.25, -0.2) is 18.1 Å². The number of hydrogen-bond donors (Lipinski definition) is 2. The van der Waals surface area contributed by atoms with E-state index in [2.05, 4.69) is 15.3 Å². The number of amides is 2. The van der Waals surface area contributed by atoms with E-state index in [1.807, 2.05) is 4.72 Å². The van der Waals surface area contributed by atoms with E-state index >= 15 is 0 Å². The van der Waals surface area contributed by atoms with Crippen molar-refractivity contribution in [1.82, 2.24) is 14.7 Å². The number of sulfonamides is 1. The van der Waals surface area contributed by atoms with Crippen LogP contribution in [-0.4, -0.2) is 34.9 Å². The molecule has 0 bridgehead atoms. The zero-order chi connectivity index (χ0) is 30.2.